The van der Waals surface area contributed by atoms with Gasteiger partial charge in [0.25, 0.3) is 0 Å². The maximum atomic E-state index is 13.8. The summed E-state index contributed by atoms with van der Waals surface area (Å²) in [4.78, 5) is 11.8. The fourth-order valence-corrected chi connectivity index (χ4v) is 2.98. The molecule has 5 heteroatoms. The van der Waals surface area contributed by atoms with E-state index in [1.54, 1.807) is 6.07 Å². The number of nitrogens with one attached hydrogen (secondary N) is 1. The molecule has 1 aromatic heterocycles. The Balaban J connectivity index is 1.83. The van der Waals surface area contributed by atoms with Gasteiger partial charge in [0.2, 0.25) is 0 Å². The Morgan fingerprint density at radius 3 is 2.64 bits per heavy atom. The second-order valence-corrected chi connectivity index (χ2v) is 5.73. The highest BCUT2D eigenvalue weighted by molar-refractivity contribution is 6.07. The van der Waals surface area contributed by atoms with E-state index in [-0.39, 0.29) is 12.2 Å². The van der Waals surface area contributed by atoms with Crippen molar-refractivity contribution in [3.8, 4) is 0 Å². The highest BCUT2D eigenvalue weighted by atomic mass is 19.1. The Kier molecular flexibility index (Phi) is 3.69. The van der Waals surface area contributed by atoms with Crippen molar-refractivity contribution in [2.45, 2.75) is 6.54 Å². The zero-order valence-electron chi connectivity index (χ0n) is 13.1. The number of fused-ring (bicyclic) bond motifs is 3. The van der Waals surface area contributed by atoms with Crippen molar-refractivity contribution in [2.75, 3.05) is 5.32 Å². The lowest BCUT2D eigenvalue weighted by Crippen LogP contribution is -2.07. The second kappa shape index (κ2) is 6.02. The average molecular weight is 337 g/mol. The average Bonchev–Trinajstić information content (AvgIpc) is 2.60. The lowest BCUT2D eigenvalue weighted by molar-refractivity contribution is 0.559. The van der Waals surface area contributed by atoms with Gasteiger partial charge < -0.3 is 9.73 Å². The molecule has 0 radical (unpaired) electrons. The number of benzene rings is 3. The molecule has 4 rings (SSSR count). The smallest absolute Gasteiger partial charge is 0.336 e. The summed E-state index contributed by atoms with van der Waals surface area (Å²) in [5, 5.41) is 5.67. The Labute approximate surface area is 141 Å². The van der Waals surface area contributed by atoms with Crippen LogP contribution in [-0.2, 0) is 6.54 Å². The third kappa shape index (κ3) is 2.85. The van der Waals surface area contributed by atoms with E-state index in [1.807, 2.05) is 30.3 Å². The van der Waals surface area contributed by atoms with E-state index in [1.165, 1.54) is 18.2 Å². The first-order valence-electron chi connectivity index (χ1n) is 7.75. The van der Waals surface area contributed by atoms with Crippen molar-refractivity contribution in [3.05, 3.63) is 88.3 Å². The molecule has 1 heterocycles. The van der Waals surface area contributed by atoms with Gasteiger partial charge >= 0.3 is 5.63 Å². The number of hydrogen-bond donors (Lipinski definition) is 1. The molecule has 0 bridgehead atoms. The molecular weight excluding hydrogens is 324 g/mol. The third-order valence-corrected chi connectivity index (χ3v) is 4.11. The minimum Gasteiger partial charge on any atom is -0.423 e. The molecule has 0 spiro atoms. The van der Waals surface area contributed by atoms with Gasteiger partial charge in [-0.25, -0.2) is 13.6 Å². The molecule has 0 fully saturated rings. The summed E-state index contributed by atoms with van der Waals surface area (Å²) in [7, 11) is 0. The van der Waals surface area contributed by atoms with Crippen LogP contribution in [0.3, 0.4) is 0 Å². The molecule has 0 unspecified atom stereocenters. The first-order chi connectivity index (χ1) is 12.1. The van der Waals surface area contributed by atoms with Crippen LogP contribution < -0.4 is 10.9 Å². The molecule has 0 aliphatic carbocycles. The molecule has 0 amide bonds. The van der Waals surface area contributed by atoms with Crippen molar-refractivity contribution >= 4 is 27.4 Å². The summed E-state index contributed by atoms with van der Waals surface area (Å²) in [5.41, 5.74) is 0.858. The van der Waals surface area contributed by atoms with Crippen LogP contribution in [0.1, 0.15) is 5.56 Å². The summed E-state index contributed by atoms with van der Waals surface area (Å²) >= 11 is 0. The van der Waals surface area contributed by atoms with Gasteiger partial charge in [0.05, 0.1) is 5.69 Å². The molecule has 0 aliphatic rings. The van der Waals surface area contributed by atoms with Crippen LogP contribution in [0, 0.1) is 11.6 Å². The number of hydrogen-bond acceptors (Lipinski definition) is 3. The number of rotatable bonds is 3. The Bertz CT molecular complexity index is 1150. The quantitative estimate of drug-likeness (QED) is 0.430. The Morgan fingerprint density at radius 1 is 0.960 bits per heavy atom. The number of halogens is 2. The molecule has 3 nitrogen and oxygen atoms in total. The highest BCUT2D eigenvalue weighted by Gasteiger charge is 2.10. The molecule has 0 saturated carbocycles. The van der Waals surface area contributed by atoms with Gasteiger partial charge in [-0.2, -0.15) is 0 Å². The molecular formula is C20H13F2NO2. The maximum Gasteiger partial charge on any atom is 0.336 e. The Morgan fingerprint density at radius 2 is 1.80 bits per heavy atom. The summed E-state index contributed by atoms with van der Waals surface area (Å²) < 4.78 is 32.1. The zero-order chi connectivity index (χ0) is 17.4. The minimum absolute atomic E-state index is 0.169. The fourth-order valence-electron chi connectivity index (χ4n) is 2.98. The highest BCUT2D eigenvalue weighted by Crippen LogP contribution is 2.28. The molecule has 0 aliphatic heterocycles. The third-order valence-electron chi connectivity index (χ3n) is 4.11. The number of anilines is 1. The molecule has 1 N–H and O–H groups in total. The zero-order valence-corrected chi connectivity index (χ0v) is 13.1. The van der Waals surface area contributed by atoms with E-state index in [0.29, 0.717) is 11.1 Å². The molecule has 3 aromatic carbocycles. The van der Waals surface area contributed by atoms with Crippen LogP contribution >= 0.6 is 0 Å². The monoisotopic (exact) mass is 337 g/mol. The SMILES string of the molecule is O=c1cc(CNc2ccc(F)cc2F)c2c(ccc3ccccc32)o1. The predicted octanol–water partition coefficient (Wildman–Crippen LogP) is 4.84. The normalized spacial score (nSPS) is 11.1. The van der Waals surface area contributed by atoms with Crippen LogP contribution in [-0.4, -0.2) is 0 Å². The second-order valence-electron chi connectivity index (χ2n) is 5.73. The van der Waals surface area contributed by atoms with Gasteiger partial charge in [0.1, 0.15) is 17.2 Å². The van der Waals surface area contributed by atoms with Gasteiger partial charge in [-0.3, -0.25) is 0 Å². The first kappa shape index (κ1) is 15.3. The lowest BCUT2D eigenvalue weighted by Gasteiger charge is -2.11. The van der Waals surface area contributed by atoms with Crippen molar-refractivity contribution in [1.82, 2.24) is 0 Å². The molecule has 25 heavy (non-hydrogen) atoms. The van der Waals surface area contributed by atoms with Crippen molar-refractivity contribution < 1.29 is 13.2 Å². The largest absolute Gasteiger partial charge is 0.423 e. The maximum absolute atomic E-state index is 13.8. The summed E-state index contributed by atoms with van der Waals surface area (Å²) in [6.45, 7) is 0.207. The lowest BCUT2D eigenvalue weighted by atomic mass is 10.0. The van der Waals surface area contributed by atoms with Crippen molar-refractivity contribution in [1.29, 1.82) is 0 Å². The van der Waals surface area contributed by atoms with Crippen molar-refractivity contribution in [3.63, 3.8) is 0 Å². The van der Waals surface area contributed by atoms with Gasteiger partial charge in [-0.05, 0) is 34.5 Å². The fraction of sp³-hybridized carbons (Fsp3) is 0.0500. The van der Waals surface area contributed by atoms with Crippen LogP contribution in [0.15, 0.2) is 69.9 Å². The summed E-state index contributed by atoms with van der Waals surface area (Å²) in [6.07, 6.45) is 0. The standard InChI is InChI=1S/C20H13F2NO2/c21-14-6-7-17(16(22)10-14)23-11-13-9-19(24)25-18-8-5-12-3-1-2-4-15(12)20(13)18/h1-10,23H,11H2. The van der Waals surface area contributed by atoms with E-state index >= 15 is 0 Å². The van der Waals surface area contributed by atoms with Crippen LogP contribution in [0.5, 0.6) is 0 Å². The van der Waals surface area contributed by atoms with E-state index in [0.717, 1.165) is 22.2 Å². The van der Waals surface area contributed by atoms with Gasteiger partial charge in [-0.15, -0.1) is 0 Å². The molecule has 0 saturated heterocycles. The van der Waals surface area contributed by atoms with E-state index in [2.05, 4.69) is 5.32 Å². The summed E-state index contributed by atoms with van der Waals surface area (Å²) in [5.74, 6) is -1.32. The molecule has 0 atom stereocenters. The van der Waals surface area contributed by atoms with Gasteiger partial charge in [0, 0.05) is 24.1 Å². The van der Waals surface area contributed by atoms with Crippen molar-refractivity contribution in [2.24, 2.45) is 0 Å². The van der Waals surface area contributed by atoms with Crippen LogP contribution in [0.25, 0.3) is 21.7 Å². The van der Waals surface area contributed by atoms with Crippen LogP contribution in [0.4, 0.5) is 14.5 Å². The van der Waals surface area contributed by atoms with Gasteiger partial charge in [0.15, 0.2) is 0 Å². The van der Waals surface area contributed by atoms with E-state index in [4.69, 9.17) is 4.42 Å². The van der Waals surface area contributed by atoms with Gasteiger partial charge in [-0.1, -0.05) is 30.3 Å². The summed E-state index contributed by atoms with van der Waals surface area (Å²) in [6, 6.07) is 16.1. The minimum atomic E-state index is -0.683. The first-order valence-corrected chi connectivity index (χ1v) is 7.75. The van der Waals surface area contributed by atoms with E-state index < -0.39 is 17.3 Å². The van der Waals surface area contributed by atoms with E-state index in [9.17, 15) is 13.6 Å². The predicted molar refractivity (Wildman–Crippen MR) is 93.7 cm³/mol. The molecule has 124 valence electrons. The van der Waals surface area contributed by atoms with Crippen LogP contribution in [0.2, 0.25) is 0 Å². The molecule has 4 aromatic rings. The Hall–Kier alpha value is -3.21. The topological polar surface area (TPSA) is 42.2 Å².